The maximum atomic E-state index is 13.2. The Morgan fingerprint density at radius 2 is 2.06 bits per heavy atom. The predicted molar refractivity (Wildman–Crippen MR) is 67.6 cm³/mol. The fraction of sp³-hybridized carbons (Fsp3) is 0.0833. The van der Waals surface area contributed by atoms with E-state index in [1.165, 1.54) is 12.1 Å². The molecule has 5 heteroatoms. The van der Waals surface area contributed by atoms with Gasteiger partial charge >= 0.3 is 0 Å². The van der Waals surface area contributed by atoms with Crippen molar-refractivity contribution in [1.29, 1.82) is 0 Å². The number of aromatic nitrogens is 1. The van der Waals surface area contributed by atoms with Crippen LogP contribution < -0.4 is 10.5 Å². The standard InChI is InChI=1S/C12H10BrFN2O/c1-7-9(13)3-5-12(16-7)17-8-2-4-11(15)10(14)6-8/h2-6H,15H2,1H3. The highest BCUT2D eigenvalue weighted by molar-refractivity contribution is 9.10. The molecular weight excluding hydrogens is 287 g/mol. The molecule has 0 aliphatic heterocycles. The molecule has 0 spiro atoms. The first kappa shape index (κ1) is 11.9. The molecule has 1 aromatic heterocycles. The summed E-state index contributed by atoms with van der Waals surface area (Å²) in [5.41, 5.74) is 6.27. The number of nitrogens with zero attached hydrogens (tertiary/aromatic N) is 1. The van der Waals surface area contributed by atoms with Crippen LogP contribution in [0.25, 0.3) is 0 Å². The zero-order valence-corrected chi connectivity index (χ0v) is 10.7. The summed E-state index contributed by atoms with van der Waals surface area (Å²) in [6.45, 7) is 1.85. The maximum absolute atomic E-state index is 13.2. The van der Waals surface area contributed by atoms with Crippen LogP contribution in [0.1, 0.15) is 5.69 Å². The second kappa shape index (κ2) is 4.71. The number of benzene rings is 1. The van der Waals surface area contributed by atoms with Gasteiger partial charge in [0.1, 0.15) is 11.6 Å². The van der Waals surface area contributed by atoms with Crippen molar-refractivity contribution in [3.05, 3.63) is 46.3 Å². The minimum atomic E-state index is -0.503. The van der Waals surface area contributed by atoms with E-state index in [1.54, 1.807) is 12.1 Å². The van der Waals surface area contributed by atoms with Crippen LogP contribution in [0, 0.1) is 12.7 Å². The number of aryl methyl sites for hydroxylation is 1. The van der Waals surface area contributed by atoms with Crippen LogP contribution in [-0.4, -0.2) is 4.98 Å². The molecule has 0 saturated carbocycles. The summed E-state index contributed by atoms with van der Waals surface area (Å²) < 4.78 is 19.5. The van der Waals surface area contributed by atoms with Crippen molar-refractivity contribution in [2.45, 2.75) is 6.92 Å². The number of rotatable bonds is 2. The van der Waals surface area contributed by atoms with Crippen LogP contribution >= 0.6 is 15.9 Å². The molecule has 0 saturated heterocycles. The predicted octanol–water partition coefficient (Wildman–Crippen LogP) is 3.67. The van der Waals surface area contributed by atoms with Crippen molar-refractivity contribution in [2.24, 2.45) is 0 Å². The van der Waals surface area contributed by atoms with Crippen LogP contribution in [0.5, 0.6) is 11.6 Å². The number of hydrogen-bond donors (Lipinski definition) is 1. The zero-order chi connectivity index (χ0) is 12.4. The monoisotopic (exact) mass is 296 g/mol. The first-order chi connectivity index (χ1) is 8.06. The molecule has 3 nitrogen and oxygen atoms in total. The molecule has 0 bridgehead atoms. The fourth-order valence-electron chi connectivity index (χ4n) is 1.27. The van der Waals surface area contributed by atoms with Gasteiger partial charge in [-0.1, -0.05) is 0 Å². The van der Waals surface area contributed by atoms with Gasteiger partial charge in [0.15, 0.2) is 0 Å². The van der Waals surface area contributed by atoms with E-state index in [4.69, 9.17) is 10.5 Å². The van der Waals surface area contributed by atoms with Gasteiger partial charge < -0.3 is 10.5 Å². The minimum Gasteiger partial charge on any atom is -0.439 e. The Morgan fingerprint density at radius 3 is 2.71 bits per heavy atom. The van der Waals surface area contributed by atoms with Gasteiger partial charge in [0.2, 0.25) is 5.88 Å². The topological polar surface area (TPSA) is 48.1 Å². The summed E-state index contributed by atoms with van der Waals surface area (Å²) in [5, 5.41) is 0. The van der Waals surface area contributed by atoms with Gasteiger partial charge in [0.05, 0.1) is 11.4 Å². The van der Waals surface area contributed by atoms with E-state index in [0.29, 0.717) is 11.6 Å². The largest absolute Gasteiger partial charge is 0.439 e. The number of hydrogen-bond acceptors (Lipinski definition) is 3. The third kappa shape index (κ3) is 2.74. The van der Waals surface area contributed by atoms with Crippen molar-refractivity contribution in [3.8, 4) is 11.6 Å². The highest BCUT2D eigenvalue weighted by Crippen LogP contribution is 2.25. The molecule has 2 aromatic rings. The third-order valence-corrected chi connectivity index (χ3v) is 3.03. The van der Waals surface area contributed by atoms with Crippen LogP contribution in [-0.2, 0) is 0 Å². The first-order valence-corrected chi connectivity index (χ1v) is 5.71. The Balaban J connectivity index is 2.25. The molecule has 2 N–H and O–H groups in total. The molecule has 88 valence electrons. The van der Waals surface area contributed by atoms with E-state index in [-0.39, 0.29) is 5.69 Å². The molecule has 1 heterocycles. The smallest absolute Gasteiger partial charge is 0.219 e. The lowest BCUT2D eigenvalue weighted by Crippen LogP contribution is -1.93. The molecule has 0 aliphatic rings. The van der Waals surface area contributed by atoms with Gasteiger partial charge in [-0.15, -0.1) is 0 Å². The molecule has 0 radical (unpaired) electrons. The second-order valence-electron chi connectivity index (χ2n) is 3.50. The Hall–Kier alpha value is -1.62. The summed E-state index contributed by atoms with van der Waals surface area (Å²) in [7, 11) is 0. The lowest BCUT2D eigenvalue weighted by atomic mass is 10.3. The number of nitrogens with two attached hydrogens (primary N) is 1. The van der Waals surface area contributed by atoms with Crippen molar-refractivity contribution in [2.75, 3.05) is 5.73 Å². The van der Waals surface area contributed by atoms with Gasteiger partial charge in [0, 0.05) is 16.6 Å². The minimum absolute atomic E-state index is 0.0947. The highest BCUT2D eigenvalue weighted by atomic mass is 79.9. The average molecular weight is 297 g/mol. The number of nitrogen functional groups attached to an aromatic ring is 1. The number of pyridine rings is 1. The molecule has 2 rings (SSSR count). The molecular formula is C12H10BrFN2O. The van der Waals surface area contributed by atoms with Gasteiger partial charge in [-0.3, -0.25) is 0 Å². The molecule has 0 amide bonds. The number of ether oxygens (including phenoxy) is 1. The quantitative estimate of drug-likeness (QED) is 0.860. The third-order valence-electron chi connectivity index (χ3n) is 2.19. The average Bonchev–Trinajstić information content (AvgIpc) is 2.29. The summed E-state index contributed by atoms with van der Waals surface area (Å²) in [6, 6.07) is 7.80. The van der Waals surface area contributed by atoms with Gasteiger partial charge in [-0.2, -0.15) is 0 Å². The summed E-state index contributed by atoms with van der Waals surface area (Å²) in [4.78, 5) is 4.20. The lowest BCUT2D eigenvalue weighted by molar-refractivity contribution is 0.457. The summed E-state index contributed by atoms with van der Waals surface area (Å²) in [6.07, 6.45) is 0. The molecule has 0 aliphatic carbocycles. The summed E-state index contributed by atoms with van der Waals surface area (Å²) >= 11 is 3.34. The van der Waals surface area contributed by atoms with E-state index in [9.17, 15) is 4.39 Å². The van der Waals surface area contributed by atoms with E-state index in [0.717, 1.165) is 10.2 Å². The van der Waals surface area contributed by atoms with Crippen molar-refractivity contribution >= 4 is 21.6 Å². The van der Waals surface area contributed by atoms with E-state index in [2.05, 4.69) is 20.9 Å². The van der Waals surface area contributed by atoms with Crippen molar-refractivity contribution in [3.63, 3.8) is 0 Å². The summed E-state index contributed by atoms with van der Waals surface area (Å²) in [5.74, 6) is 0.275. The van der Waals surface area contributed by atoms with E-state index < -0.39 is 5.82 Å². The molecule has 0 fully saturated rings. The fourth-order valence-corrected chi connectivity index (χ4v) is 1.49. The van der Waals surface area contributed by atoms with Gasteiger partial charge in [-0.05, 0) is 41.1 Å². The maximum Gasteiger partial charge on any atom is 0.219 e. The molecule has 0 unspecified atom stereocenters. The van der Waals surface area contributed by atoms with Crippen LogP contribution in [0.2, 0.25) is 0 Å². The SMILES string of the molecule is Cc1nc(Oc2ccc(N)c(F)c2)ccc1Br. The van der Waals surface area contributed by atoms with Crippen LogP contribution in [0.4, 0.5) is 10.1 Å². The van der Waals surface area contributed by atoms with Crippen LogP contribution in [0.15, 0.2) is 34.8 Å². The first-order valence-electron chi connectivity index (χ1n) is 4.92. The van der Waals surface area contributed by atoms with Crippen molar-refractivity contribution < 1.29 is 9.13 Å². The zero-order valence-electron chi connectivity index (χ0n) is 9.08. The Kier molecular flexibility index (Phi) is 3.28. The van der Waals surface area contributed by atoms with Gasteiger partial charge in [0.25, 0.3) is 0 Å². The Bertz CT molecular complexity index is 511. The lowest BCUT2D eigenvalue weighted by Gasteiger charge is -2.07. The van der Waals surface area contributed by atoms with E-state index >= 15 is 0 Å². The van der Waals surface area contributed by atoms with E-state index in [1.807, 2.05) is 13.0 Å². The molecule has 0 atom stereocenters. The Labute approximate surface area is 107 Å². The van der Waals surface area contributed by atoms with Crippen LogP contribution in [0.3, 0.4) is 0 Å². The molecule has 17 heavy (non-hydrogen) atoms. The Morgan fingerprint density at radius 1 is 1.29 bits per heavy atom. The number of anilines is 1. The van der Waals surface area contributed by atoms with Crippen molar-refractivity contribution in [1.82, 2.24) is 4.98 Å². The second-order valence-corrected chi connectivity index (χ2v) is 4.36. The molecule has 1 aromatic carbocycles. The normalized spacial score (nSPS) is 10.3. The highest BCUT2D eigenvalue weighted by Gasteiger charge is 2.04. The number of halogens is 2. The van der Waals surface area contributed by atoms with Gasteiger partial charge in [-0.25, -0.2) is 9.37 Å².